The zero-order chi connectivity index (χ0) is 21.3. The molecule has 0 radical (unpaired) electrons. The van der Waals surface area contributed by atoms with Gasteiger partial charge in [0, 0.05) is 24.2 Å². The zero-order valence-corrected chi connectivity index (χ0v) is 18.7. The maximum absolute atomic E-state index is 13.2. The van der Waals surface area contributed by atoms with Gasteiger partial charge in [-0.05, 0) is 88.3 Å². The molecule has 0 aliphatic carbocycles. The second-order valence-corrected chi connectivity index (χ2v) is 10.5. The summed E-state index contributed by atoms with van der Waals surface area (Å²) in [4.78, 5) is 5.42. The van der Waals surface area contributed by atoms with Gasteiger partial charge in [-0.15, -0.1) is 0 Å². The predicted molar refractivity (Wildman–Crippen MR) is 120 cm³/mol. The molecular weight excluding hydrogens is 412 g/mol. The lowest BCUT2D eigenvalue weighted by molar-refractivity contribution is 0.237. The molecule has 31 heavy (non-hydrogen) atoms. The Kier molecular flexibility index (Phi) is 5.91. The molecular formula is C24H30N2O4S. The van der Waals surface area contributed by atoms with Crippen LogP contribution >= 0.6 is 0 Å². The molecule has 3 heterocycles. The van der Waals surface area contributed by atoms with Crippen molar-refractivity contribution in [3.63, 3.8) is 0 Å². The van der Waals surface area contributed by atoms with Gasteiger partial charge in [0.2, 0.25) is 9.84 Å². The fraction of sp³-hybridized carbons (Fsp3) is 0.500. The van der Waals surface area contributed by atoms with Crippen LogP contribution in [0.3, 0.4) is 0 Å². The Labute approximate surface area is 184 Å². The van der Waals surface area contributed by atoms with Gasteiger partial charge in [-0.25, -0.2) is 8.42 Å². The number of nitrogens with zero attached hydrogens (tertiary/aromatic N) is 2. The van der Waals surface area contributed by atoms with E-state index < -0.39 is 9.84 Å². The summed E-state index contributed by atoms with van der Waals surface area (Å²) in [6, 6.07) is 10.8. The first-order chi connectivity index (χ1) is 15.1. The average Bonchev–Trinajstić information content (AvgIpc) is 3.51. The lowest BCUT2D eigenvalue weighted by atomic mass is 10.1. The highest BCUT2D eigenvalue weighted by molar-refractivity contribution is 7.92. The van der Waals surface area contributed by atoms with Gasteiger partial charge in [0.05, 0.1) is 9.79 Å². The van der Waals surface area contributed by atoms with Gasteiger partial charge >= 0.3 is 0 Å². The first-order valence-electron chi connectivity index (χ1n) is 11.4. The van der Waals surface area contributed by atoms with Crippen molar-refractivity contribution in [1.29, 1.82) is 0 Å². The smallest absolute Gasteiger partial charge is 0.208 e. The summed E-state index contributed by atoms with van der Waals surface area (Å²) in [7, 11) is -3.57. The highest BCUT2D eigenvalue weighted by Gasteiger charge is 2.33. The van der Waals surface area contributed by atoms with E-state index in [-0.39, 0.29) is 0 Å². The fourth-order valence-corrected chi connectivity index (χ4v) is 6.51. The van der Waals surface area contributed by atoms with Gasteiger partial charge in [-0.2, -0.15) is 0 Å². The summed E-state index contributed by atoms with van der Waals surface area (Å²) in [6.45, 7) is 7.39. The van der Waals surface area contributed by atoms with Gasteiger partial charge in [0.15, 0.2) is 0 Å². The highest BCUT2D eigenvalue weighted by atomic mass is 32.2. The van der Waals surface area contributed by atoms with Crippen LogP contribution in [0.4, 0.5) is 0 Å². The van der Waals surface area contributed by atoms with Crippen LogP contribution in [-0.4, -0.2) is 70.7 Å². The molecule has 166 valence electrons. The maximum atomic E-state index is 13.2. The number of likely N-dealkylation sites (tertiary alicyclic amines) is 2. The number of ether oxygens (including phenoxy) is 2. The first-order valence-corrected chi connectivity index (χ1v) is 12.8. The lowest BCUT2D eigenvalue weighted by Crippen LogP contribution is -2.25. The summed E-state index contributed by atoms with van der Waals surface area (Å²) < 4.78 is 38.2. The van der Waals surface area contributed by atoms with Crippen molar-refractivity contribution in [3.05, 3.63) is 36.4 Å². The number of hydrogen-bond donors (Lipinski definition) is 0. The summed E-state index contributed by atoms with van der Waals surface area (Å²) in [5.41, 5.74) is 1.48. The standard InChI is InChI=1S/C24H30N2O4S/c27-31(28)23-17-19(29-15-13-25-9-1-2-10-25)5-7-21(23)22-8-6-20(18-24(22)31)30-16-14-26-11-3-4-12-26/h5-8,17-18H,1-4,9-16H2. The predicted octanol–water partition coefficient (Wildman–Crippen LogP) is 3.45. The van der Waals surface area contributed by atoms with Gasteiger partial charge in [-0.1, -0.05) is 0 Å². The van der Waals surface area contributed by atoms with E-state index in [1.54, 1.807) is 12.1 Å². The quantitative estimate of drug-likeness (QED) is 0.533. The lowest BCUT2D eigenvalue weighted by Gasteiger charge is -2.15. The monoisotopic (exact) mass is 442 g/mol. The topological polar surface area (TPSA) is 59.1 Å². The molecule has 3 aliphatic heterocycles. The maximum Gasteiger partial charge on any atom is 0.208 e. The summed E-state index contributed by atoms with van der Waals surface area (Å²) in [6.07, 6.45) is 5.00. The zero-order valence-electron chi connectivity index (χ0n) is 17.9. The van der Waals surface area contributed by atoms with Crippen LogP contribution in [-0.2, 0) is 9.84 Å². The van der Waals surface area contributed by atoms with Gasteiger partial charge < -0.3 is 9.47 Å². The molecule has 5 rings (SSSR count). The second kappa shape index (κ2) is 8.81. The number of hydrogen-bond acceptors (Lipinski definition) is 6. The van der Waals surface area contributed by atoms with E-state index in [4.69, 9.17) is 9.47 Å². The third-order valence-corrected chi connectivity index (χ3v) is 8.36. The molecule has 3 aliphatic rings. The van der Waals surface area contributed by atoms with E-state index in [9.17, 15) is 8.42 Å². The van der Waals surface area contributed by atoms with E-state index >= 15 is 0 Å². The van der Waals surface area contributed by atoms with Gasteiger partial charge in [0.25, 0.3) is 0 Å². The van der Waals surface area contributed by atoms with E-state index in [0.717, 1.165) is 50.4 Å². The van der Waals surface area contributed by atoms with Crippen molar-refractivity contribution in [2.45, 2.75) is 35.5 Å². The van der Waals surface area contributed by atoms with Crippen LogP contribution < -0.4 is 9.47 Å². The van der Waals surface area contributed by atoms with Crippen molar-refractivity contribution < 1.29 is 17.9 Å². The molecule has 0 aromatic heterocycles. The molecule has 0 unspecified atom stereocenters. The van der Waals surface area contributed by atoms with Crippen LogP contribution in [0.1, 0.15) is 25.7 Å². The minimum Gasteiger partial charge on any atom is -0.492 e. The Bertz CT molecular complexity index is 964. The van der Waals surface area contributed by atoms with E-state index in [2.05, 4.69) is 9.80 Å². The fourth-order valence-electron chi connectivity index (χ4n) is 4.79. The molecule has 6 nitrogen and oxygen atoms in total. The van der Waals surface area contributed by atoms with Crippen LogP contribution in [0.5, 0.6) is 11.5 Å². The van der Waals surface area contributed by atoms with E-state index in [0.29, 0.717) is 34.5 Å². The van der Waals surface area contributed by atoms with Crippen molar-refractivity contribution in [2.24, 2.45) is 0 Å². The normalized spacial score (nSPS) is 20.0. The molecule has 2 fully saturated rings. The van der Waals surface area contributed by atoms with Crippen LogP contribution in [0, 0.1) is 0 Å². The van der Waals surface area contributed by atoms with Gasteiger partial charge in [-0.3, -0.25) is 9.80 Å². The minimum absolute atomic E-state index is 0.329. The van der Waals surface area contributed by atoms with Crippen molar-refractivity contribution >= 4 is 9.84 Å². The Morgan fingerprint density at radius 1 is 0.677 bits per heavy atom. The first kappa shape index (κ1) is 20.8. The summed E-state index contributed by atoms with van der Waals surface area (Å²) >= 11 is 0. The molecule has 2 aromatic carbocycles. The van der Waals surface area contributed by atoms with Crippen molar-refractivity contribution in [3.8, 4) is 22.6 Å². The Balaban J connectivity index is 1.27. The van der Waals surface area contributed by atoms with Crippen molar-refractivity contribution in [2.75, 3.05) is 52.5 Å². The molecule has 0 atom stereocenters. The summed E-state index contributed by atoms with van der Waals surface area (Å²) in [5.74, 6) is 1.22. The number of fused-ring (bicyclic) bond motifs is 3. The SMILES string of the molecule is O=S1(=O)c2cc(OCCN3CCCC3)ccc2-c2ccc(OCCN3CCCC3)cc21. The minimum atomic E-state index is -3.57. The second-order valence-electron chi connectivity index (χ2n) is 8.61. The molecule has 0 saturated carbocycles. The van der Waals surface area contributed by atoms with Crippen LogP contribution in [0.25, 0.3) is 11.1 Å². The molecule has 0 spiro atoms. The van der Waals surface area contributed by atoms with Crippen LogP contribution in [0.15, 0.2) is 46.2 Å². The molecule has 7 heteroatoms. The highest BCUT2D eigenvalue weighted by Crippen LogP contribution is 2.45. The Hall–Kier alpha value is -2.09. The number of sulfone groups is 1. The van der Waals surface area contributed by atoms with Crippen LogP contribution in [0.2, 0.25) is 0 Å². The molecule has 0 N–H and O–H groups in total. The Morgan fingerprint density at radius 2 is 1.10 bits per heavy atom. The third kappa shape index (κ3) is 4.31. The average molecular weight is 443 g/mol. The molecule has 0 amide bonds. The largest absolute Gasteiger partial charge is 0.492 e. The van der Waals surface area contributed by atoms with Gasteiger partial charge in [0.1, 0.15) is 24.7 Å². The summed E-state index contributed by atoms with van der Waals surface area (Å²) in [5, 5.41) is 0. The molecule has 2 saturated heterocycles. The molecule has 2 aromatic rings. The van der Waals surface area contributed by atoms with E-state index in [1.807, 2.05) is 24.3 Å². The van der Waals surface area contributed by atoms with E-state index in [1.165, 1.54) is 25.7 Å². The third-order valence-electron chi connectivity index (χ3n) is 6.53. The number of rotatable bonds is 8. The Morgan fingerprint density at radius 3 is 1.52 bits per heavy atom. The number of benzene rings is 2. The molecule has 0 bridgehead atoms. The van der Waals surface area contributed by atoms with Crippen molar-refractivity contribution in [1.82, 2.24) is 9.80 Å².